The number of allylic oxidation sites excluding steroid dienone is 1. The van der Waals surface area contributed by atoms with Gasteiger partial charge in [0.15, 0.2) is 0 Å². The smallest absolute Gasteiger partial charge is 0.417 e. The topological polar surface area (TPSA) is 69.4 Å². The van der Waals surface area contributed by atoms with Crippen LogP contribution in [0.2, 0.25) is 0 Å². The molecule has 5 nitrogen and oxygen atoms in total. The molecule has 0 saturated carbocycles. The summed E-state index contributed by atoms with van der Waals surface area (Å²) in [7, 11) is 0. The predicted molar refractivity (Wildman–Crippen MR) is 83.4 cm³/mol. The lowest BCUT2D eigenvalue weighted by atomic mass is 10.1. The van der Waals surface area contributed by atoms with Gasteiger partial charge in [0.05, 0.1) is 10.5 Å². The average Bonchev–Trinajstić information content (AvgIpc) is 2.58. The van der Waals surface area contributed by atoms with E-state index in [0.717, 1.165) is 0 Å². The third kappa shape index (κ3) is 5.17. The summed E-state index contributed by atoms with van der Waals surface area (Å²) in [5.74, 6) is -1.19. The summed E-state index contributed by atoms with van der Waals surface area (Å²) < 4.78 is 44.1. The molecule has 0 aromatic heterocycles. The van der Waals surface area contributed by atoms with E-state index in [2.05, 4.69) is 0 Å². The molecule has 0 aliphatic heterocycles. The van der Waals surface area contributed by atoms with E-state index in [9.17, 15) is 28.1 Å². The Hall–Kier alpha value is -3.16. The van der Waals surface area contributed by atoms with E-state index in [4.69, 9.17) is 4.74 Å². The lowest BCUT2D eigenvalue weighted by Gasteiger charge is -2.12. The number of non-ortho nitro benzene ring substituents is 1. The Balaban J connectivity index is 2.14. The van der Waals surface area contributed by atoms with Gasteiger partial charge in [-0.3, -0.25) is 10.1 Å². The summed E-state index contributed by atoms with van der Waals surface area (Å²) in [6, 6.07) is 12.1. The van der Waals surface area contributed by atoms with E-state index in [1.165, 1.54) is 48.5 Å². The van der Waals surface area contributed by atoms with Gasteiger partial charge < -0.3 is 4.74 Å². The Labute approximate surface area is 140 Å². The fraction of sp³-hybridized carbons (Fsp3) is 0.118. The fourth-order valence-electron chi connectivity index (χ4n) is 2.02. The number of nitro benzene ring substituents is 1. The molecule has 8 heteroatoms. The number of benzene rings is 2. The van der Waals surface area contributed by atoms with Gasteiger partial charge in [-0.1, -0.05) is 42.5 Å². The highest BCUT2D eigenvalue weighted by atomic mass is 19.4. The number of ether oxygens (including phenoxy) is 1. The van der Waals surface area contributed by atoms with Crippen LogP contribution in [0.4, 0.5) is 18.9 Å². The maximum absolute atomic E-state index is 13.1. The molecule has 0 heterocycles. The quantitative estimate of drug-likeness (QED) is 0.349. The van der Waals surface area contributed by atoms with Crippen LogP contribution in [0.1, 0.15) is 11.1 Å². The second-order valence-corrected chi connectivity index (χ2v) is 4.96. The van der Waals surface area contributed by atoms with E-state index in [1.54, 1.807) is 6.07 Å². The van der Waals surface area contributed by atoms with Crippen molar-refractivity contribution in [2.24, 2.45) is 0 Å². The Bertz CT molecular complexity index is 801. The van der Waals surface area contributed by atoms with Crippen molar-refractivity contribution in [2.45, 2.75) is 12.8 Å². The summed E-state index contributed by atoms with van der Waals surface area (Å²) in [6.45, 7) is -0.378. The van der Waals surface area contributed by atoms with Crippen LogP contribution in [-0.2, 0) is 16.1 Å². The first-order valence-electron chi connectivity index (χ1n) is 7.02. The molecule has 0 amide bonds. The van der Waals surface area contributed by atoms with Gasteiger partial charge in [-0.05, 0) is 11.1 Å². The van der Waals surface area contributed by atoms with Gasteiger partial charge >= 0.3 is 12.1 Å². The fourth-order valence-corrected chi connectivity index (χ4v) is 2.02. The Kier molecular flexibility index (Phi) is 5.53. The second-order valence-electron chi connectivity index (χ2n) is 4.96. The highest BCUT2D eigenvalue weighted by Gasteiger charge is 2.35. The molecule has 2 rings (SSSR count). The number of hydrogen-bond acceptors (Lipinski definition) is 4. The molecule has 0 unspecified atom stereocenters. The second kappa shape index (κ2) is 7.61. The van der Waals surface area contributed by atoms with Crippen LogP contribution in [0.5, 0.6) is 0 Å². The van der Waals surface area contributed by atoms with Crippen molar-refractivity contribution < 1.29 is 27.6 Å². The molecule has 130 valence electrons. The van der Waals surface area contributed by atoms with Gasteiger partial charge in [0.2, 0.25) is 0 Å². The number of nitro groups is 1. The SMILES string of the molecule is O=C(/C=C(/c1ccccc1)C(F)(F)F)OCc1cccc([N+](=O)[O-])c1. The van der Waals surface area contributed by atoms with Crippen LogP contribution in [0.15, 0.2) is 60.7 Å². The van der Waals surface area contributed by atoms with E-state index < -0.39 is 22.6 Å². The summed E-state index contributed by atoms with van der Waals surface area (Å²) in [5.41, 5.74) is -1.20. The van der Waals surface area contributed by atoms with Crippen LogP contribution in [-0.4, -0.2) is 17.1 Å². The number of hydrogen-bond donors (Lipinski definition) is 0. The van der Waals surface area contributed by atoms with Crippen LogP contribution in [0, 0.1) is 10.1 Å². The maximum atomic E-state index is 13.1. The number of carbonyl (C=O) groups is 1. The zero-order valence-electron chi connectivity index (χ0n) is 12.7. The number of alkyl halides is 3. The molecule has 25 heavy (non-hydrogen) atoms. The Morgan fingerprint density at radius 2 is 1.80 bits per heavy atom. The van der Waals surface area contributed by atoms with Crippen molar-refractivity contribution in [3.8, 4) is 0 Å². The molecule has 0 spiro atoms. The van der Waals surface area contributed by atoms with Crippen LogP contribution in [0.3, 0.4) is 0 Å². The number of nitrogens with zero attached hydrogens (tertiary/aromatic N) is 1. The molecule has 2 aromatic rings. The minimum Gasteiger partial charge on any atom is -0.458 e. The minimum absolute atomic E-state index is 0.165. The Morgan fingerprint density at radius 3 is 2.40 bits per heavy atom. The first-order chi connectivity index (χ1) is 11.8. The molecule has 0 radical (unpaired) electrons. The maximum Gasteiger partial charge on any atom is 0.417 e. The molecule has 0 aliphatic carbocycles. The molecule has 0 fully saturated rings. The van der Waals surface area contributed by atoms with Crippen molar-refractivity contribution in [1.82, 2.24) is 0 Å². The Morgan fingerprint density at radius 1 is 1.12 bits per heavy atom. The van der Waals surface area contributed by atoms with Crippen molar-refractivity contribution in [1.29, 1.82) is 0 Å². The highest BCUT2D eigenvalue weighted by molar-refractivity contribution is 5.92. The van der Waals surface area contributed by atoms with Gasteiger partial charge in [0.1, 0.15) is 6.61 Å². The first kappa shape index (κ1) is 18.2. The predicted octanol–water partition coefficient (Wildman–Crippen LogP) is 4.28. The normalized spacial score (nSPS) is 11.9. The van der Waals surface area contributed by atoms with Crippen molar-refractivity contribution in [3.63, 3.8) is 0 Å². The largest absolute Gasteiger partial charge is 0.458 e. The monoisotopic (exact) mass is 351 g/mol. The van der Waals surface area contributed by atoms with Gasteiger partial charge in [0.25, 0.3) is 5.69 Å². The molecular weight excluding hydrogens is 339 g/mol. The summed E-state index contributed by atoms with van der Waals surface area (Å²) >= 11 is 0. The van der Waals surface area contributed by atoms with Crippen molar-refractivity contribution in [3.05, 3.63) is 81.9 Å². The number of esters is 1. The van der Waals surface area contributed by atoms with Gasteiger partial charge in [-0.2, -0.15) is 13.2 Å². The van der Waals surface area contributed by atoms with Gasteiger partial charge in [-0.25, -0.2) is 4.79 Å². The summed E-state index contributed by atoms with van der Waals surface area (Å²) in [6.07, 6.45) is -4.36. The standard InChI is InChI=1S/C17H12F3NO4/c18-17(19,20)15(13-6-2-1-3-7-13)10-16(22)25-11-12-5-4-8-14(9-12)21(23)24/h1-10H,11H2/b15-10-. The third-order valence-electron chi connectivity index (χ3n) is 3.15. The minimum atomic E-state index is -4.73. The van der Waals surface area contributed by atoms with Gasteiger partial charge in [0, 0.05) is 18.2 Å². The van der Waals surface area contributed by atoms with Crippen LogP contribution in [0.25, 0.3) is 5.57 Å². The summed E-state index contributed by atoms with van der Waals surface area (Å²) in [5, 5.41) is 10.7. The van der Waals surface area contributed by atoms with Crippen molar-refractivity contribution in [2.75, 3.05) is 0 Å². The van der Waals surface area contributed by atoms with Crippen LogP contribution >= 0.6 is 0 Å². The van der Waals surface area contributed by atoms with Crippen molar-refractivity contribution >= 4 is 17.2 Å². The van der Waals surface area contributed by atoms with E-state index in [-0.39, 0.29) is 17.9 Å². The number of halogens is 3. The highest BCUT2D eigenvalue weighted by Crippen LogP contribution is 2.33. The van der Waals surface area contributed by atoms with Crippen LogP contribution < -0.4 is 0 Å². The molecule has 0 saturated heterocycles. The molecule has 0 aliphatic rings. The number of carbonyl (C=O) groups excluding carboxylic acids is 1. The molecule has 0 bridgehead atoms. The third-order valence-corrected chi connectivity index (χ3v) is 3.15. The zero-order chi connectivity index (χ0) is 18.4. The van der Waals surface area contributed by atoms with Gasteiger partial charge in [-0.15, -0.1) is 0 Å². The summed E-state index contributed by atoms with van der Waals surface area (Å²) in [4.78, 5) is 21.8. The van der Waals surface area contributed by atoms with E-state index in [0.29, 0.717) is 11.6 Å². The lowest BCUT2D eigenvalue weighted by Crippen LogP contribution is -2.13. The number of rotatable bonds is 5. The van der Waals surface area contributed by atoms with E-state index >= 15 is 0 Å². The zero-order valence-corrected chi connectivity index (χ0v) is 12.7. The molecule has 0 atom stereocenters. The molecule has 0 N–H and O–H groups in total. The lowest BCUT2D eigenvalue weighted by molar-refractivity contribution is -0.384. The molecule has 2 aromatic carbocycles. The average molecular weight is 351 g/mol. The first-order valence-corrected chi connectivity index (χ1v) is 7.02. The molecular formula is C17H12F3NO4. The van der Waals surface area contributed by atoms with E-state index in [1.807, 2.05) is 0 Å².